The van der Waals surface area contributed by atoms with Crippen molar-refractivity contribution in [3.8, 4) is 0 Å². The molecule has 1 aromatic heterocycles. The Labute approximate surface area is 102 Å². The van der Waals surface area contributed by atoms with Crippen molar-refractivity contribution in [1.29, 1.82) is 0 Å². The Bertz CT molecular complexity index is 443. The first-order valence-electron chi connectivity index (χ1n) is 5.84. The molecule has 1 aromatic carbocycles. The molecule has 0 aliphatic rings. The highest BCUT2D eigenvalue weighted by molar-refractivity contribution is 7.17. The molecule has 1 nitrogen and oxygen atoms in total. The zero-order chi connectivity index (χ0) is 12.2. The van der Waals surface area contributed by atoms with E-state index in [0.717, 1.165) is 12.0 Å². The van der Waals surface area contributed by atoms with Crippen molar-refractivity contribution >= 4 is 21.4 Å². The van der Waals surface area contributed by atoms with Crippen molar-refractivity contribution in [2.45, 2.75) is 39.7 Å². The second-order valence-corrected chi connectivity index (χ2v) is 4.68. The predicted molar refractivity (Wildman–Crippen MR) is 73.0 cm³/mol. The van der Waals surface area contributed by atoms with Gasteiger partial charge in [-0.3, -0.25) is 0 Å². The molecular weight excluding hydrogens is 216 g/mol. The van der Waals surface area contributed by atoms with Gasteiger partial charge in [-0.15, -0.1) is 11.3 Å². The molecule has 1 unspecified atom stereocenters. The fraction of sp³-hybridized carbons (Fsp3) is 0.429. The molecule has 0 spiro atoms. The summed E-state index contributed by atoms with van der Waals surface area (Å²) in [6, 6.07) is 8.22. The molecule has 2 aromatic rings. The maximum absolute atomic E-state index is 10.2. The molecular formula is C14H20OS. The summed E-state index contributed by atoms with van der Waals surface area (Å²) in [4.78, 5) is 0. The van der Waals surface area contributed by atoms with Gasteiger partial charge in [0.15, 0.2) is 0 Å². The topological polar surface area (TPSA) is 20.2 Å². The molecule has 2 heteroatoms. The third kappa shape index (κ3) is 2.45. The van der Waals surface area contributed by atoms with Gasteiger partial charge in [0.2, 0.25) is 0 Å². The van der Waals surface area contributed by atoms with Gasteiger partial charge in [-0.2, -0.15) is 0 Å². The van der Waals surface area contributed by atoms with E-state index in [4.69, 9.17) is 0 Å². The van der Waals surface area contributed by atoms with Crippen LogP contribution in [0.15, 0.2) is 29.6 Å². The molecule has 88 valence electrons. The monoisotopic (exact) mass is 236 g/mol. The Morgan fingerprint density at radius 3 is 2.50 bits per heavy atom. The van der Waals surface area contributed by atoms with E-state index < -0.39 is 5.60 Å². The Hall–Kier alpha value is -0.860. The molecule has 0 amide bonds. The van der Waals surface area contributed by atoms with Crippen LogP contribution in [0, 0.1) is 0 Å². The summed E-state index contributed by atoms with van der Waals surface area (Å²) in [5, 5.41) is 13.4. The normalized spacial score (nSPS) is 14.1. The van der Waals surface area contributed by atoms with Crippen LogP contribution in [0.4, 0.5) is 0 Å². The number of hydrogen-bond acceptors (Lipinski definition) is 2. The van der Waals surface area contributed by atoms with Crippen molar-refractivity contribution < 1.29 is 5.11 Å². The van der Waals surface area contributed by atoms with E-state index in [1.54, 1.807) is 11.3 Å². The summed E-state index contributed by atoms with van der Waals surface area (Å²) in [6.45, 7) is 7.88. The summed E-state index contributed by atoms with van der Waals surface area (Å²) in [6.07, 6.45) is 0.744. The van der Waals surface area contributed by atoms with E-state index in [1.165, 1.54) is 10.1 Å². The summed E-state index contributed by atoms with van der Waals surface area (Å²) < 4.78 is 1.25. The van der Waals surface area contributed by atoms with Gasteiger partial charge in [0.05, 0.1) is 5.60 Å². The summed E-state index contributed by atoms with van der Waals surface area (Å²) in [7, 11) is 0. The Morgan fingerprint density at radius 2 is 1.88 bits per heavy atom. The van der Waals surface area contributed by atoms with Crippen LogP contribution in [0.25, 0.3) is 10.1 Å². The number of aliphatic hydroxyl groups is 1. The third-order valence-corrected chi connectivity index (χ3v) is 3.71. The first-order valence-corrected chi connectivity index (χ1v) is 6.72. The van der Waals surface area contributed by atoms with Crippen molar-refractivity contribution in [3.63, 3.8) is 0 Å². The van der Waals surface area contributed by atoms with Gasteiger partial charge in [-0.25, -0.2) is 0 Å². The van der Waals surface area contributed by atoms with Gasteiger partial charge in [0.1, 0.15) is 0 Å². The number of thiophene rings is 1. The van der Waals surface area contributed by atoms with E-state index in [0.29, 0.717) is 0 Å². The van der Waals surface area contributed by atoms with E-state index in [2.05, 4.69) is 17.5 Å². The van der Waals surface area contributed by atoms with Crippen molar-refractivity contribution in [2.75, 3.05) is 0 Å². The highest BCUT2D eigenvalue weighted by atomic mass is 32.1. The Morgan fingerprint density at radius 1 is 1.25 bits per heavy atom. The zero-order valence-corrected chi connectivity index (χ0v) is 11.3. The van der Waals surface area contributed by atoms with Gasteiger partial charge in [-0.1, -0.05) is 39.0 Å². The van der Waals surface area contributed by atoms with Crippen molar-refractivity contribution in [2.24, 2.45) is 0 Å². The fourth-order valence-corrected chi connectivity index (χ4v) is 2.67. The SMILES string of the molecule is CC.CCC(C)(O)c1csc2ccccc12. The first-order chi connectivity index (χ1) is 7.65. The maximum atomic E-state index is 10.2. The minimum Gasteiger partial charge on any atom is -0.385 e. The van der Waals surface area contributed by atoms with Crippen LogP contribution in [-0.4, -0.2) is 5.11 Å². The molecule has 16 heavy (non-hydrogen) atoms. The molecule has 0 saturated heterocycles. The molecule has 1 atom stereocenters. The van der Waals surface area contributed by atoms with E-state index >= 15 is 0 Å². The lowest BCUT2D eigenvalue weighted by molar-refractivity contribution is 0.0550. The number of benzene rings is 1. The highest BCUT2D eigenvalue weighted by Gasteiger charge is 2.23. The Balaban J connectivity index is 0.000000606. The second-order valence-electron chi connectivity index (χ2n) is 3.77. The summed E-state index contributed by atoms with van der Waals surface area (Å²) in [5.74, 6) is 0. The average molecular weight is 236 g/mol. The van der Waals surface area contributed by atoms with Crippen LogP contribution in [0.3, 0.4) is 0 Å². The number of fused-ring (bicyclic) bond motifs is 1. The molecule has 0 aliphatic carbocycles. The van der Waals surface area contributed by atoms with Gasteiger partial charge in [-0.05, 0) is 30.2 Å². The van der Waals surface area contributed by atoms with Gasteiger partial charge in [0.25, 0.3) is 0 Å². The van der Waals surface area contributed by atoms with Gasteiger partial charge >= 0.3 is 0 Å². The molecule has 1 heterocycles. The van der Waals surface area contributed by atoms with Gasteiger partial charge < -0.3 is 5.11 Å². The number of hydrogen-bond donors (Lipinski definition) is 1. The minimum absolute atomic E-state index is 0.695. The first kappa shape index (κ1) is 13.2. The Kier molecular flexibility index (Phi) is 4.51. The zero-order valence-electron chi connectivity index (χ0n) is 10.4. The largest absolute Gasteiger partial charge is 0.385 e. The summed E-state index contributed by atoms with van der Waals surface area (Å²) in [5.41, 5.74) is 0.361. The van der Waals surface area contributed by atoms with Crippen LogP contribution in [0.5, 0.6) is 0 Å². The fourth-order valence-electron chi connectivity index (χ4n) is 1.59. The van der Waals surface area contributed by atoms with E-state index in [1.807, 2.05) is 39.8 Å². The molecule has 0 aliphatic heterocycles. The van der Waals surface area contributed by atoms with E-state index in [9.17, 15) is 5.11 Å². The molecule has 0 bridgehead atoms. The van der Waals surface area contributed by atoms with Crippen molar-refractivity contribution in [3.05, 3.63) is 35.2 Å². The molecule has 0 fully saturated rings. The lowest BCUT2D eigenvalue weighted by Crippen LogP contribution is -2.18. The lowest BCUT2D eigenvalue weighted by Gasteiger charge is -2.20. The highest BCUT2D eigenvalue weighted by Crippen LogP contribution is 2.34. The number of rotatable bonds is 2. The maximum Gasteiger partial charge on any atom is 0.0879 e. The average Bonchev–Trinajstić information content (AvgIpc) is 2.76. The van der Waals surface area contributed by atoms with Crippen LogP contribution >= 0.6 is 11.3 Å². The van der Waals surface area contributed by atoms with Crippen LogP contribution in [0.1, 0.15) is 39.7 Å². The summed E-state index contributed by atoms with van der Waals surface area (Å²) >= 11 is 1.70. The third-order valence-electron chi connectivity index (χ3n) is 2.75. The quantitative estimate of drug-likeness (QED) is 0.811. The lowest BCUT2D eigenvalue weighted by atomic mass is 9.93. The molecule has 0 saturated carbocycles. The van der Waals surface area contributed by atoms with Crippen LogP contribution in [-0.2, 0) is 5.60 Å². The molecule has 1 N–H and O–H groups in total. The van der Waals surface area contributed by atoms with Gasteiger partial charge in [0, 0.05) is 10.3 Å². The smallest absolute Gasteiger partial charge is 0.0879 e. The molecule has 2 rings (SSSR count). The van der Waals surface area contributed by atoms with Crippen LogP contribution in [0.2, 0.25) is 0 Å². The second kappa shape index (κ2) is 5.46. The van der Waals surface area contributed by atoms with Crippen LogP contribution < -0.4 is 0 Å². The predicted octanol–water partition coefficient (Wildman–Crippen LogP) is 4.55. The standard InChI is InChI=1S/C12H14OS.C2H6/c1-3-12(2,13)10-8-14-11-7-5-4-6-9(10)11;1-2/h4-8,13H,3H2,1-2H3;1-2H3. The minimum atomic E-state index is -0.695. The molecule has 0 radical (unpaired) electrons. The van der Waals surface area contributed by atoms with E-state index in [-0.39, 0.29) is 0 Å². The van der Waals surface area contributed by atoms with Crippen molar-refractivity contribution in [1.82, 2.24) is 0 Å².